The Morgan fingerprint density at radius 3 is 2.37 bits per heavy atom. The van der Waals surface area contributed by atoms with Crippen molar-refractivity contribution in [3.05, 3.63) is 18.0 Å². The van der Waals surface area contributed by atoms with Gasteiger partial charge in [-0.2, -0.15) is 0 Å². The van der Waals surface area contributed by atoms with Crippen LogP contribution in [0.1, 0.15) is 39.3 Å². The molecule has 7 heteroatoms. The molecule has 1 N–H and O–H groups in total. The van der Waals surface area contributed by atoms with Gasteiger partial charge in [0.2, 0.25) is 0 Å². The fourth-order valence-corrected chi connectivity index (χ4v) is 2.79. The van der Waals surface area contributed by atoms with E-state index >= 15 is 0 Å². The predicted octanol–water partition coefficient (Wildman–Crippen LogP) is 3.78. The average molecular weight is 374 g/mol. The zero-order chi connectivity index (χ0) is 20.0. The van der Waals surface area contributed by atoms with Gasteiger partial charge in [-0.05, 0) is 19.3 Å². The summed E-state index contributed by atoms with van der Waals surface area (Å²) in [5, 5.41) is 3.11. The number of aryl methyl sites for hydroxylation is 1. The molecule has 0 saturated heterocycles. The zero-order valence-corrected chi connectivity index (χ0v) is 17.5. The van der Waals surface area contributed by atoms with Crippen LogP contribution in [-0.2, 0) is 6.42 Å². The van der Waals surface area contributed by atoms with Crippen LogP contribution in [0.5, 0.6) is 11.6 Å². The van der Waals surface area contributed by atoms with E-state index in [1.54, 1.807) is 13.3 Å². The monoisotopic (exact) mass is 373 g/mol. The van der Waals surface area contributed by atoms with Crippen LogP contribution in [0.3, 0.4) is 0 Å². The molecule has 0 atom stereocenters. The molecule has 0 radical (unpaired) electrons. The lowest BCUT2D eigenvalue weighted by atomic mass is 10.1. The Morgan fingerprint density at radius 2 is 1.85 bits per heavy atom. The van der Waals surface area contributed by atoms with E-state index in [-0.39, 0.29) is 6.10 Å². The zero-order valence-electron chi connectivity index (χ0n) is 17.5. The first-order valence-corrected chi connectivity index (χ1v) is 9.45. The van der Waals surface area contributed by atoms with Gasteiger partial charge in [0.15, 0.2) is 5.82 Å². The van der Waals surface area contributed by atoms with Gasteiger partial charge in [-0.25, -0.2) is 15.0 Å². The lowest BCUT2D eigenvalue weighted by Gasteiger charge is -2.20. The fourth-order valence-electron chi connectivity index (χ4n) is 2.79. The van der Waals surface area contributed by atoms with Crippen LogP contribution in [0, 0.1) is 0 Å². The summed E-state index contributed by atoms with van der Waals surface area (Å²) in [6.45, 7) is 6.28. The molecule has 0 fully saturated rings. The van der Waals surface area contributed by atoms with Gasteiger partial charge in [0.25, 0.3) is 5.88 Å². The van der Waals surface area contributed by atoms with Crippen molar-refractivity contribution in [1.29, 1.82) is 0 Å². The van der Waals surface area contributed by atoms with Crippen LogP contribution in [0.4, 0.5) is 11.6 Å². The molecule has 0 aromatic carbocycles. The Kier molecular flexibility index (Phi) is 7.21. The van der Waals surface area contributed by atoms with Gasteiger partial charge in [-0.3, -0.25) is 0 Å². The van der Waals surface area contributed by atoms with Crippen molar-refractivity contribution >= 4 is 11.6 Å². The Hall–Kier alpha value is -2.57. The number of anilines is 2. The van der Waals surface area contributed by atoms with Gasteiger partial charge in [0, 0.05) is 33.4 Å². The molecule has 0 saturated carbocycles. The summed E-state index contributed by atoms with van der Waals surface area (Å²) in [7, 11) is 7.37. The van der Waals surface area contributed by atoms with Crippen molar-refractivity contribution in [2.24, 2.45) is 0 Å². The molecule has 2 aromatic rings. The molecule has 0 aliphatic rings. The summed E-state index contributed by atoms with van der Waals surface area (Å²) in [6.07, 6.45) is 4.49. The van der Waals surface area contributed by atoms with E-state index in [0.717, 1.165) is 42.0 Å². The lowest BCUT2D eigenvalue weighted by Crippen LogP contribution is -2.17. The summed E-state index contributed by atoms with van der Waals surface area (Å²) >= 11 is 0. The van der Waals surface area contributed by atoms with Gasteiger partial charge in [-0.1, -0.05) is 20.8 Å². The van der Waals surface area contributed by atoms with E-state index in [4.69, 9.17) is 19.4 Å². The number of nitrogens with one attached hydrogen (secondary N) is 1. The van der Waals surface area contributed by atoms with Crippen molar-refractivity contribution in [3.63, 3.8) is 0 Å². The van der Waals surface area contributed by atoms with Crippen molar-refractivity contribution in [2.75, 3.05) is 38.5 Å². The van der Waals surface area contributed by atoms with Crippen LogP contribution in [0.25, 0.3) is 11.3 Å². The molecule has 2 aromatic heterocycles. The summed E-state index contributed by atoms with van der Waals surface area (Å²) < 4.78 is 11.7. The quantitative estimate of drug-likeness (QED) is 0.717. The maximum absolute atomic E-state index is 6.09. The SMILES string of the molecule is CCc1nc(OC(CC)CC)c(NC)nc1-c1cnc(N(C)C)cc1OC. The number of rotatable bonds is 9. The highest BCUT2D eigenvalue weighted by molar-refractivity contribution is 5.72. The molecule has 148 valence electrons. The Bertz CT molecular complexity index is 760. The van der Waals surface area contributed by atoms with E-state index in [1.165, 1.54) is 0 Å². The van der Waals surface area contributed by atoms with Gasteiger partial charge in [0.05, 0.1) is 24.1 Å². The highest BCUT2D eigenvalue weighted by Crippen LogP contribution is 2.35. The molecule has 0 spiro atoms. The van der Waals surface area contributed by atoms with Gasteiger partial charge in [0.1, 0.15) is 17.7 Å². The van der Waals surface area contributed by atoms with E-state index < -0.39 is 0 Å². The normalized spacial score (nSPS) is 10.8. The van der Waals surface area contributed by atoms with Gasteiger partial charge >= 0.3 is 0 Å². The van der Waals surface area contributed by atoms with Crippen molar-refractivity contribution in [1.82, 2.24) is 15.0 Å². The van der Waals surface area contributed by atoms with Gasteiger partial charge in [-0.15, -0.1) is 0 Å². The van der Waals surface area contributed by atoms with Crippen LogP contribution in [0.2, 0.25) is 0 Å². The number of methoxy groups -OCH3 is 1. The predicted molar refractivity (Wildman–Crippen MR) is 110 cm³/mol. The van der Waals surface area contributed by atoms with Crippen molar-refractivity contribution in [3.8, 4) is 22.9 Å². The molecule has 0 aliphatic carbocycles. The molecule has 2 rings (SSSR count). The molecule has 7 nitrogen and oxygen atoms in total. The lowest BCUT2D eigenvalue weighted by molar-refractivity contribution is 0.185. The maximum atomic E-state index is 6.09. The van der Waals surface area contributed by atoms with Crippen molar-refractivity contribution < 1.29 is 9.47 Å². The summed E-state index contributed by atoms with van der Waals surface area (Å²) in [5.41, 5.74) is 2.43. The first kappa shape index (κ1) is 20.7. The molecule has 0 unspecified atom stereocenters. The highest BCUT2D eigenvalue weighted by Gasteiger charge is 2.20. The molecule has 0 amide bonds. The Labute approximate surface area is 162 Å². The number of hydrogen-bond acceptors (Lipinski definition) is 7. The fraction of sp³-hybridized carbons (Fsp3) is 0.550. The molecule has 0 aliphatic heterocycles. The standard InChI is InChI=1S/C20H31N5O2/c1-8-13(9-2)27-20-19(21-4)24-18(15(10-3)23-20)14-12-22-17(25(5)6)11-16(14)26-7/h11-13H,8-10H2,1-7H3,(H,21,24). The summed E-state index contributed by atoms with van der Waals surface area (Å²) in [5.74, 6) is 2.70. The van der Waals surface area contributed by atoms with E-state index in [0.29, 0.717) is 17.4 Å². The maximum Gasteiger partial charge on any atom is 0.257 e. The second-order valence-corrected chi connectivity index (χ2v) is 6.47. The first-order valence-electron chi connectivity index (χ1n) is 9.45. The summed E-state index contributed by atoms with van der Waals surface area (Å²) in [4.78, 5) is 16.0. The largest absolute Gasteiger partial charge is 0.496 e. The van der Waals surface area contributed by atoms with Gasteiger partial charge < -0.3 is 19.7 Å². The van der Waals surface area contributed by atoms with Crippen LogP contribution in [-0.4, -0.2) is 49.3 Å². The number of ether oxygens (including phenoxy) is 2. The van der Waals surface area contributed by atoms with Crippen LogP contribution in [0.15, 0.2) is 12.3 Å². The van der Waals surface area contributed by atoms with Crippen LogP contribution < -0.4 is 19.7 Å². The highest BCUT2D eigenvalue weighted by atomic mass is 16.5. The Balaban J connectivity index is 2.57. The minimum atomic E-state index is 0.123. The average Bonchev–Trinajstić information content (AvgIpc) is 2.70. The third-order valence-electron chi connectivity index (χ3n) is 4.48. The second-order valence-electron chi connectivity index (χ2n) is 6.47. The summed E-state index contributed by atoms with van der Waals surface area (Å²) in [6, 6.07) is 1.91. The third-order valence-corrected chi connectivity index (χ3v) is 4.48. The third kappa shape index (κ3) is 4.59. The van der Waals surface area contributed by atoms with E-state index in [1.807, 2.05) is 32.1 Å². The molecule has 27 heavy (non-hydrogen) atoms. The number of hydrogen-bond donors (Lipinski definition) is 1. The topological polar surface area (TPSA) is 72.4 Å². The number of nitrogens with zero attached hydrogens (tertiary/aromatic N) is 4. The minimum absolute atomic E-state index is 0.123. The minimum Gasteiger partial charge on any atom is -0.496 e. The molecule has 2 heterocycles. The van der Waals surface area contributed by atoms with E-state index in [2.05, 4.69) is 31.1 Å². The Morgan fingerprint density at radius 1 is 1.15 bits per heavy atom. The van der Waals surface area contributed by atoms with Crippen LogP contribution >= 0.6 is 0 Å². The second kappa shape index (κ2) is 9.39. The smallest absolute Gasteiger partial charge is 0.257 e. The molecular formula is C20H31N5O2. The number of aromatic nitrogens is 3. The first-order chi connectivity index (χ1) is 13.0. The van der Waals surface area contributed by atoms with Crippen molar-refractivity contribution in [2.45, 2.75) is 46.1 Å². The van der Waals surface area contributed by atoms with E-state index in [9.17, 15) is 0 Å². The number of pyridine rings is 1. The molecular weight excluding hydrogens is 342 g/mol. The molecule has 0 bridgehead atoms.